The minimum Gasteiger partial charge on any atom is -0.497 e. The van der Waals surface area contributed by atoms with Crippen LogP contribution < -0.4 is 15.0 Å². The van der Waals surface area contributed by atoms with Gasteiger partial charge in [0.05, 0.1) is 13.7 Å². The van der Waals surface area contributed by atoms with Crippen molar-refractivity contribution in [1.29, 1.82) is 0 Å². The minimum absolute atomic E-state index is 0.190. The van der Waals surface area contributed by atoms with Crippen LogP contribution in [-0.2, 0) is 13.0 Å². The number of ether oxygens (including phenoxy) is 1. The SMILES string of the molecule is COc1cccc(N2CCN(Cc3ccc(C(=O)NCCc4ccccn4)o3)CC2)c1. The Labute approximate surface area is 182 Å². The number of piperazine rings is 1. The van der Waals surface area contributed by atoms with Crippen molar-refractivity contribution in [3.63, 3.8) is 0 Å². The Hall–Kier alpha value is -3.32. The summed E-state index contributed by atoms with van der Waals surface area (Å²) in [5.41, 5.74) is 2.14. The monoisotopic (exact) mass is 420 g/mol. The molecule has 3 heterocycles. The van der Waals surface area contributed by atoms with E-state index in [0.29, 0.717) is 25.3 Å². The smallest absolute Gasteiger partial charge is 0.287 e. The highest BCUT2D eigenvalue weighted by molar-refractivity contribution is 5.91. The molecule has 31 heavy (non-hydrogen) atoms. The number of nitrogens with one attached hydrogen (secondary N) is 1. The Balaban J connectivity index is 1.23. The first kappa shape index (κ1) is 20.9. The Kier molecular flexibility index (Phi) is 6.84. The normalized spacial score (nSPS) is 14.4. The van der Waals surface area contributed by atoms with Crippen LogP contribution in [0.1, 0.15) is 22.0 Å². The molecule has 0 radical (unpaired) electrons. The number of aromatic nitrogens is 1. The second-order valence-electron chi connectivity index (χ2n) is 7.56. The van der Waals surface area contributed by atoms with Gasteiger partial charge in [-0.3, -0.25) is 14.7 Å². The molecule has 4 rings (SSSR count). The van der Waals surface area contributed by atoms with Crippen LogP contribution in [-0.4, -0.2) is 55.6 Å². The number of benzene rings is 1. The third kappa shape index (κ3) is 5.64. The summed E-state index contributed by atoms with van der Waals surface area (Å²) in [5.74, 6) is 1.85. The van der Waals surface area contributed by atoms with Gasteiger partial charge in [-0.1, -0.05) is 12.1 Å². The fourth-order valence-corrected chi connectivity index (χ4v) is 3.71. The van der Waals surface area contributed by atoms with Gasteiger partial charge in [-0.25, -0.2) is 0 Å². The number of anilines is 1. The summed E-state index contributed by atoms with van der Waals surface area (Å²) >= 11 is 0. The van der Waals surface area contributed by atoms with Gasteiger partial charge in [0.1, 0.15) is 11.5 Å². The summed E-state index contributed by atoms with van der Waals surface area (Å²) in [6.45, 7) is 4.97. The number of carbonyl (C=O) groups is 1. The van der Waals surface area contributed by atoms with E-state index >= 15 is 0 Å². The van der Waals surface area contributed by atoms with Crippen LogP contribution in [0, 0.1) is 0 Å². The van der Waals surface area contributed by atoms with Gasteiger partial charge in [-0.05, 0) is 36.4 Å². The lowest BCUT2D eigenvalue weighted by Gasteiger charge is -2.35. The largest absolute Gasteiger partial charge is 0.497 e. The third-order valence-corrected chi connectivity index (χ3v) is 5.45. The molecule has 1 aromatic carbocycles. The van der Waals surface area contributed by atoms with E-state index < -0.39 is 0 Å². The molecule has 1 N–H and O–H groups in total. The fraction of sp³-hybridized carbons (Fsp3) is 0.333. The number of pyridine rings is 1. The topological polar surface area (TPSA) is 70.8 Å². The van der Waals surface area contributed by atoms with Gasteiger partial charge in [0.25, 0.3) is 5.91 Å². The van der Waals surface area contributed by atoms with Gasteiger partial charge in [0.2, 0.25) is 0 Å². The molecule has 162 valence electrons. The lowest BCUT2D eigenvalue weighted by Crippen LogP contribution is -2.45. The maximum atomic E-state index is 12.3. The molecule has 0 bridgehead atoms. The number of nitrogens with zero attached hydrogens (tertiary/aromatic N) is 3. The summed E-state index contributed by atoms with van der Waals surface area (Å²) in [7, 11) is 1.69. The first-order chi connectivity index (χ1) is 15.2. The molecule has 7 heteroatoms. The molecule has 0 saturated carbocycles. The van der Waals surface area contributed by atoms with E-state index in [9.17, 15) is 4.79 Å². The number of carbonyl (C=O) groups excluding carboxylic acids is 1. The predicted octanol–water partition coefficient (Wildman–Crippen LogP) is 2.98. The highest BCUT2D eigenvalue weighted by Crippen LogP contribution is 2.22. The molecular formula is C24H28N4O3. The summed E-state index contributed by atoms with van der Waals surface area (Å²) in [5, 5.41) is 2.89. The van der Waals surface area contributed by atoms with Crippen molar-refractivity contribution in [2.45, 2.75) is 13.0 Å². The number of hydrogen-bond donors (Lipinski definition) is 1. The van der Waals surface area contributed by atoms with Crippen molar-refractivity contribution in [2.75, 3.05) is 44.7 Å². The van der Waals surface area contributed by atoms with Crippen molar-refractivity contribution in [3.8, 4) is 5.75 Å². The Morgan fingerprint density at radius 1 is 1.10 bits per heavy atom. The van der Waals surface area contributed by atoms with E-state index in [1.54, 1.807) is 19.4 Å². The number of rotatable bonds is 8. The number of methoxy groups -OCH3 is 1. The minimum atomic E-state index is -0.190. The van der Waals surface area contributed by atoms with Crippen molar-refractivity contribution >= 4 is 11.6 Å². The number of furan rings is 1. The van der Waals surface area contributed by atoms with Gasteiger partial charge in [-0.2, -0.15) is 0 Å². The highest BCUT2D eigenvalue weighted by atomic mass is 16.5. The van der Waals surface area contributed by atoms with E-state index in [-0.39, 0.29) is 5.91 Å². The number of amides is 1. The Bertz CT molecular complexity index is 981. The molecule has 3 aromatic rings. The second kappa shape index (κ2) is 10.1. The van der Waals surface area contributed by atoms with Gasteiger partial charge in [0, 0.05) is 62.8 Å². The lowest BCUT2D eigenvalue weighted by atomic mass is 10.2. The van der Waals surface area contributed by atoms with E-state index in [1.807, 2.05) is 36.4 Å². The van der Waals surface area contributed by atoms with Crippen molar-refractivity contribution in [1.82, 2.24) is 15.2 Å². The zero-order valence-corrected chi connectivity index (χ0v) is 17.8. The Morgan fingerprint density at radius 3 is 2.74 bits per heavy atom. The molecule has 1 aliphatic rings. The molecule has 1 fully saturated rings. The zero-order chi connectivity index (χ0) is 21.5. The maximum absolute atomic E-state index is 12.3. The molecule has 1 aliphatic heterocycles. The molecular weight excluding hydrogens is 392 g/mol. The van der Waals surface area contributed by atoms with E-state index in [2.05, 4.69) is 32.2 Å². The van der Waals surface area contributed by atoms with Crippen molar-refractivity contribution in [3.05, 3.63) is 78.0 Å². The van der Waals surface area contributed by atoms with Crippen LogP contribution in [0.15, 0.2) is 65.2 Å². The summed E-state index contributed by atoms with van der Waals surface area (Å²) in [4.78, 5) is 21.3. The molecule has 0 atom stereocenters. The van der Waals surface area contributed by atoms with Gasteiger partial charge < -0.3 is 19.4 Å². The van der Waals surface area contributed by atoms with Crippen molar-refractivity contribution in [2.24, 2.45) is 0 Å². The van der Waals surface area contributed by atoms with E-state index in [0.717, 1.165) is 43.4 Å². The highest BCUT2D eigenvalue weighted by Gasteiger charge is 2.19. The Morgan fingerprint density at radius 2 is 1.97 bits per heavy atom. The zero-order valence-electron chi connectivity index (χ0n) is 17.8. The summed E-state index contributed by atoms with van der Waals surface area (Å²) in [6.07, 6.45) is 2.45. The molecule has 7 nitrogen and oxygen atoms in total. The average molecular weight is 421 g/mol. The summed E-state index contributed by atoms with van der Waals surface area (Å²) in [6, 6.07) is 17.6. The molecule has 1 saturated heterocycles. The van der Waals surface area contributed by atoms with E-state index in [1.165, 1.54) is 5.69 Å². The van der Waals surface area contributed by atoms with Crippen LogP contribution in [0.5, 0.6) is 5.75 Å². The lowest BCUT2D eigenvalue weighted by molar-refractivity contribution is 0.0922. The summed E-state index contributed by atoms with van der Waals surface area (Å²) < 4.78 is 11.1. The van der Waals surface area contributed by atoms with Crippen LogP contribution in [0.2, 0.25) is 0 Å². The standard InChI is InChI=1S/C24H28N4O3/c1-30-21-7-4-6-20(17-21)28-15-13-27(14-16-28)18-22-8-9-23(31-22)24(29)26-12-10-19-5-2-3-11-25-19/h2-9,11,17H,10,12-16,18H2,1H3,(H,26,29). The first-order valence-electron chi connectivity index (χ1n) is 10.6. The average Bonchev–Trinajstić information content (AvgIpc) is 3.29. The molecule has 0 unspecified atom stereocenters. The van der Waals surface area contributed by atoms with Gasteiger partial charge in [0.15, 0.2) is 5.76 Å². The van der Waals surface area contributed by atoms with Crippen LogP contribution in [0.3, 0.4) is 0 Å². The van der Waals surface area contributed by atoms with Crippen molar-refractivity contribution < 1.29 is 13.9 Å². The van der Waals surface area contributed by atoms with E-state index in [4.69, 9.17) is 9.15 Å². The maximum Gasteiger partial charge on any atom is 0.287 e. The fourth-order valence-electron chi connectivity index (χ4n) is 3.71. The predicted molar refractivity (Wildman–Crippen MR) is 119 cm³/mol. The van der Waals surface area contributed by atoms with Gasteiger partial charge in [-0.15, -0.1) is 0 Å². The molecule has 0 aliphatic carbocycles. The third-order valence-electron chi connectivity index (χ3n) is 5.45. The van der Waals surface area contributed by atoms with Gasteiger partial charge >= 0.3 is 0 Å². The van der Waals surface area contributed by atoms with Crippen LogP contribution in [0.4, 0.5) is 5.69 Å². The molecule has 0 spiro atoms. The van der Waals surface area contributed by atoms with Crippen LogP contribution in [0.25, 0.3) is 0 Å². The number of hydrogen-bond acceptors (Lipinski definition) is 6. The molecule has 2 aromatic heterocycles. The van der Waals surface area contributed by atoms with Crippen LogP contribution >= 0.6 is 0 Å². The second-order valence-corrected chi connectivity index (χ2v) is 7.56. The quantitative estimate of drug-likeness (QED) is 0.604. The first-order valence-corrected chi connectivity index (χ1v) is 10.6. The molecule has 1 amide bonds.